The minimum absolute atomic E-state index is 0.631. The number of hydrogen-bond donors (Lipinski definition) is 1. The Kier molecular flexibility index (Phi) is 2.13. The molecule has 0 atom stereocenters. The minimum atomic E-state index is 0.631. The highest BCUT2D eigenvalue weighted by atomic mass is 15.1. The highest BCUT2D eigenvalue weighted by Crippen LogP contribution is 2.27. The fraction of sp³-hybridized carbons (Fsp3) is 0.333. The van der Waals surface area contributed by atoms with Crippen molar-refractivity contribution in [3.05, 3.63) is 36.5 Å². The van der Waals surface area contributed by atoms with Crippen molar-refractivity contribution >= 4 is 5.69 Å². The second-order valence-corrected chi connectivity index (χ2v) is 4.14. The van der Waals surface area contributed by atoms with E-state index in [9.17, 15) is 0 Å². The van der Waals surface area contributed by atoms with Gasteiger partial charge in [0.25, 0.3) is 0 Å². The number of aromatic nitrogens is 3. The molecule has 0 amide bonds. The Labute approximate surface area is 94.4 Å². The first-order valence-corrected chi connectivity index (χ1v) is 5.56. The molecule has 82 valence electrons. The van der Waals surface area contributed by atoms with E-state index in [1.54, 1.807) is 6.20 Å². The van der Waals surface area contributed by atoms with Gasteiger partial charge >= 0.3 is 0 Å². The lowest BCUT2D eigenvalue weighted by atomic mass is 10.3. The predicted molar refractivity (Wildman–Crippen MR) is 62.7 cm³/mol. The van der Waals surface area contributed by atoms with E-state index in [2.05, 4.69) is 21.4 Å². The summed E-state index contributed by atoms with van der Waals surface area (Å²) in [7, 11) is 0. The van der Waals surface area contributed by atoms with Gasteiger partial charge in [-0.2, -0.15) is 0 Å². The van der Waals surface area contributed by atoms with Crippen LogP contribution in [0.5, 0.6) is 0 Å². The molecule has 2 aromatic rings. The van der Waals surface area contributed by atoms with Gasteiger partial charge in [0.2, 0.25) is 0 Å². The molecule has 0 aromatic carbocycles. The number of pyridine rings is 1. The Morgan fingerprint density at radius 3 is 2.88 bits per heavy atom. The third-order valence-corrected chi connectivity index (χ3v) is 2.78. The van der Waals surface area contributed by atoms with E-state index < -0.39 is 0 Å². The summed E-state index contributed by atoms with van der Waals surface area (Å²) >= 11 is 0. The van der Waals surface area contributed by atoms with Crippen LogP contribution in [0, 0.1) is 6.92 Å². The maximum atomic E-state index is 4.42. The van der Waals surface area contributed by atoms with E-state index in [0.717, 1.165) is 17.3 Å². The van der Waals surface area contributed by atoms with Crippen LogP contribution in [0.15, 0.2) is 30.7 Å². The van der Waals surface area contributed by atoms with E-state index in [1.165, 1.54) is 12.8 Å². The van der Waals surface area contributed by atoms with Crippen molar-refractivity contribution in [1.29, 1.82) is 0 Å². The molecule has 0 saturated heterocycles. The van der Waals surface area contributed by atoms with Gasteiger partial charge in [0.05, 0.1) is 5.69 Å². The molecule has 1 fully saturated rings. The Hall–Kier alpha value is -1.84. The smallest absolute Gasteiger partial charge is 0.161 e. The SMILES string of the molecule is Cc1nccn1-c1ncccc1NC1CC1. The molecule has 1 N–H and O–H groups in total. The number of hydrogen-bond acceptors (Lipinski definition) is 3. The molecule has 0 spiro atoms. The number of rotatable bonds is 3. The van der Waals surface area contributed by atoms with Crippen molar-refractivity contribution in [3.63, 3.8) is 0 Å². The Morgan fingerprint density at radius 2 is 2.19 bits per heavy atom. The monoisotopic (exact) mass is 214 g/mol. The van der Waals surface area contributed by atoms with Crippen LogP contribution in [0.4, 0.5) is 5.69 Å². The van der Waals surface area contributed by atoms with Crippen LogP contribution in [-0.2, 0) is 0 Å². The zero-order valence-corrected chi connectivity index (χ0v) is 9.22. The maximum absolute atomic E-state index is 4.42. The van der Waals surface area contributed by atoms with Crippen molar-refractivity contribution < 1.29 is 0 Å². The van der Waals surface area contributed by atoms with Crippen molar-refractivity contribution in [3.8, 4) is 5.82 Å². The molecule has 0 unspecified atom stereocenters. The molecule has 1 saturated carbocycles. The molecular formula is C12H14N4. The average molecular weight is 214 g/mol. The van der Waals surface area contributed by atoms with E-state index >= 15 is 0 Å². The summed E-state index contributed by atoms with van der Waals surface area (Å²) in [5.74, 6) is 1.89. The van der Waals surface area contributed by atoms with Crippen LogP contribution < -0.4 is 5.32 Å². The van der Waals surface area contributed by atoms with Gasteiger partial charge < -0.3 is 5.32 Å². The predicted octanol–water partition coefficient (Wildman–Crippen LogP) is 2.15. The molecular weight excluding hydrogens is 200 g/mol. The zero-order valence-electron chi connectivity index (χ0n) is 9.22. The Morgan fingerprint density at radius 1 is 1.31 bits per heavy atom. The van der Waals surface area contributed by atoms with E-state index in [1.807, 2.05) is 30.0 Å². The molecule has 2 aromatic heterocycles. The molecule has 1 aliphatic rings. The summed E-state index contributed by atoms with van der Waals surface area (Å²) < 4.78 is 2.00. The summed E-state index contributed by atoms with van der Waals surface area (Å²) in [6.45, 7) is 1.98. The highest BCUT2D eigenvalue weighted by molar-refractivity contribution is 5.58. The lowest BCUT2D eigenvalue weighted by Crippen LogP contribution is -2.08. The van der Waals surface area contributed by atoms with Gasteiger partial charge in [-0.3, -0.25) is 4.57 Å². The molecule has 0 bridgehead atoms. The standard InChI is InChI=1S/C12H14N4/c1-9-13-7-8-16(9)12-11(3-2-6-14-12)15-10-4-5-10/h2-3,6-8,10,15H,4-5H2,1H3. The van der Waals surface area contributed by atoms with Crippen LogP contribution in [0.3, 0.4) is 0 Å². The Bertz CT molecular complexity index is 499. The normalized spacial score (nSPS) is 15.1. The average Bonchev–Trinajstić information content (AvgIpc) is 3.00. The molecule has 0 radical (unpaired) electrons. The van der Waals surface area contributed by atoms with E-state index in [-0.39, 0.29) is 0 Å². The third kappa shape index (κ3) is 1.66. The number of nitrogens with zero attached hydrogens (tertiary/aromatic N) is 3. The molecule has 3 rings (SSSR count). The van der Waals surface area contributed by atoms with Crippen LogP contribution in [0.2, 0.25) is 0 Å². The second-order valence-electron chi connectivity index (χ2n) is 4.14. The summed E-state index contributed by atoms with van der Waals surface area (Å²) in [6, 6.07) is 4.66. The largest absolute Gasteiger partial charge is 0.379 e. The second kappa shape index (κ2) is 3.63. The molecule has 1 aliphatic carbocycles. The third-order valence-electron chi connectivity index (χ3n) is 2.78. The molecule has 2 heterocycles. The first-order chi connectivity index (χ1) is 7.84. The number of anilines is 1. The summed E-state index contributed by atoms with van der Waals surface area (Å²) in [4.78, 5) is 8.65. The van der Waals surface area contributed by atoms with Gasteiger partial charge in [0, 0.05) is 24.6 Å². The lowest BCUT2D eigenvalue weighted by molar-refractivity contribution is 0.929. The van der Waals surface area contributed by atoms with Crippen LogP contribution >= 0.6 is 0 Å². The van der Waals surface area contributed by atoms with Gasteiger partial charge in [0.1, 0.15) is 5.82 Å². The molecule has 0 aliphatic heterocycles. The van der Waals surface area contributed by atoms with Gasteiger partial charge in [-0.25, -0.2) is 9.97 Å². The van der Waals surface area contributed by atoms with Crippen molar-refractivity contribution in [2.75, 3.05) is 5.32 Å². The fourth-order valence-electron chi connectivity index (χ4n) is 1.75. The van der Waals surface area contributed by atoms with Crippen molar-refractivity contribution in [1.82, 2.24) is 14.5 Å². The summed E-state index contributed by atoms with van der Waals surface area (Å²) in [5, 5.41) is 3.49. The van der Waals surface area contributed by atoms with Crippen LogP contribution in [0.25, 0.3) is 5.82 Å². The molecule has 4 nitrogen and oxygen atoms in total. The highest BCUT2D eigenvalue weighted by Gasteiger charge is 2.22. The van der Waals surface area contributed by atoms with Gasteiger partial charge in [-0.15, -0.1) is 0 Å². The molecule has 4 heteroatoms. The fourth-order valence-corrected chi connectivity index (χ4v) is 1.75. The van der Waals surface area contributed by atoms with Gasteiger partial charge in [-0.05, 0) is 31.9 Å². The molecule has 16 heavy (non-hydrogen) atoms. The first kappa shape index (κ1) is 9.39. The van der Waals surface area contributed by atoms with Gasteiger partial charge in [-0.1, -0.05) is 0 Å². The maximum Gasteiger partial charge on any atom is 0.161 e. The summed E-state index contributed by atoms with van der Waals surface area (Å²) in [5.41, 5.74) is 1.09. The van der Waals surface area contributed by atoms with Gasteiger partial charge in [0.15, 0.2) is 5.82 Å². The number of nitrogens with one attached hydrogen (secondary N) is 1. The van der Waals surface area contributed by atoms with Crippen molar-refractivity contribution in [2.45, 2.75) is 25.8 Å². The van der Waals surface area contributed by atoms with Crippen LogP contribution in [0.1, 0.15) is 18.7 Å². The Balaban J connectivity index is 2.01. The van der Waals surface area contributed by atoms with E-state index in [4.69, 9.17) is 0 Å². The first-order valence-electron chi connectivity index (χ1n) is 5.56. The topological polar surface area (TPSA) is 42.7 Å². The zero-order chi connectivity index (χ0) is 11.0. The quantitative estimate of drug-likeness (QED) is 0.851. The number of aryl methyl sites for hydroxylation is 1. The van der Waals surface area contributed by atoms with Crippen LogP contribution in [-0.4, -0.2) is 20.6 Å². The summed E-state index contributed by atoms with van der Waals surface area (Å²) in [6.07, 6.45) is 8.07. The van der Waals surface area contributed by atoms with Crippen molar-refractivity contribution in [2.24, 2.45) is 0 Å². The minimum Gasteiger partial charge on any atom is -0.379 e. The van der Waals surface area contributed by atoms with E-state index in [0.29, 0.717) is 6.04 Å². The lowest BCUT2D eigenvalue weighted by Gasteiger charge is -2.11. The number of imidazole rings is 1.